The molecular weight excluding hydrogens is 160 g/mol. The molecular formula is C9H17ClO. The number of ether oxygens (including phenoxy) is 1. The maximum absolute atomic E-state index is 5.86. The molecule has 0 spiro atoms. The fourth-order valence-electron chi connectivity index (χ4n) is 1.92. The molecule has 0 aliphatic heterocycles. The zero-order chi connectivity index (χ0) is 8.10. The van der Waals surface area contributed by atoms with E-state index in [1.807, 2.05) is 0 Å². The van der Waals surface area contributed by atoms with Gasteiger partial charge in [-0.2, -0.15) is 0 Å². The van der Waals surface area contributed by atoms with Gasteiger partial charge in [0.25, 0.3) is 0 Å². The first-order valence-electron chi connectivity index (χ1n) is 4.43. The Bertz CT molecular complexity index is 104. The summed E-state index contributed by atoms with van der Waals surface area (Å²) in [6.07, 6.45) is 5.34. The van der Waals surface area contributed by atoms with Gasteiger partial charge in [-0.3, -0.25) is 0 Å². The molecule has 0 bridgehead atoms. The van der Waals surface area contributed by atoms with Gasteiger partial charge in [-0.25, -0.2) is 0 Å². The van der Waals surface area contributed by atoms with Crippen molar-refractivity contribution < 1.29 is 4.74 Å². The van der Waals surface area contributed by atoms with Crippen LogP contribution in [0.5, 0.6) is 0 Å². The molecule has 1 aliphatic carbocycles. The van der Waals surface area contributed by atoms with Gasteiger partial charge < -0.3 is 4.74 Å². The van der Waals surface area contributed by atoms with Crippen LogP contribution >= 0.6 is 11.6 Å². The molecule has 0 N–H and O–H groups in total. The van der Waals surface area contributed by atoms with Gasteiger partial charge >= 0.3 is 0 Å². The summed E-state index contributed by atoms with van der Waals surface area (Å²) in [4.78, 5) is 0. The quantitative estimate of drug-likeness (QED) is 0.601. The molecule has 0 radical (unpaired) electrons. The van der Waals surface area contributed by atoms with Crippen molar-refractivity contribution in [3.8, 4) is 0 Å². The van der Waals surface area contributed by atoms with Crippen LogP contribution in [0.4, 0.5) is 0 Å². The van der Waals surface area contributed by atoms with Crippen molar-refractivity contribution in [1.29, 1.82) is 0 Å². The molecule has 2 heteroatoms. The molecule has 0 heterocycles. The highest BCUT2D eigenvalue weighted by molar-refractivity contribution is 6.18. The molecule has 1 fully saturated rings. The summed E-state index contributed by atoms with van der Waals surface area (Å²) in [7, 11) is 1.78. The number of hydrogen-bond acceptors (Lipinski definition) is 1. The van der Waals surface area contributed by atoms with E-state index in [2.05, 4.69) is 0 Å². The molecule has 1 aliphatic rings. The molecule has 0 amide bonds. The monoisotopic (exact) mass is 176 g/mol. The Labute approximate surface area is 74.1 Å². The first-order chi connectivity index (χ1) is 5.38. The van der Waals surface area contributed by atoms with Gasteiger partial charge in [0.15, 0.2) is 0 Å². The van der Waals surface area contributed by atoms with E-state index >= 15 is 0 Å². The number of hydrogen-bond donors (Lipinski definition) is 0. The van der Waals surface area contributed by atoms with E-state index in [9.17, 15) is 0 Å². The van der Waals surface area contributed by atoms with E-state index in [0.29, 0.717) is 5.92 Å². The minimum atomic E-state index is 0.713. The van der Waals surface area contributed by atoms with E-state index < -0.39 is 0 Å². The third-order valence-electron chi connectivity index (χ3n) is 2.65. The molecule has 0 aromatic carbocycles. The Hall–Kier alpha value is 0.250. The Morgan fingerprint density at radius 1 is 1.27 bits per heavy atom. The molecule has 66 valence electrons. The van der Waals surface area contributed by atoms with Crippen molar-refractivity contribution >= 4 is 11.6 Å². The van der Waals surface area contributed by atoms with E-state index in [1.165, 1.54) is 25.7 Å². The SMILES string of the molecule is COCC1CCCCC1CCl. The standard InChI is InChI=1S/C9H17ClO/c1-11-7-9-5-3-2-4-8(9)6-10/h8-9H,2-7H2,1H3. The summed E-state index contributed by atoms with van der Waals surface area (Å²) < 4.78 is 5.15. The van der Waals surface area contributed by atoms with E-state index in [1.54, 1.807) is 7.11 Å². The molecule has 1 nitrogen and oxygen atoms in total. The number of alkyl halides is 1. The van der Waals surface area contributed by atoms with Gasteiger partial charge in [-0.1, -0.05) is 12.8 Å². The summed E-state index contributed by atoms with van der Waals surface area (Å²) in [5.41, 5.74) is 0. The third kappa shape index (κ3) is 2.64. The minimum absolute atomic E-state index is 0.713. The second-order valence-corrected chi connectivity index (χ2v) is 3.72. The second-order valence-electron chi connectivity index (χ2n) is 3.41. The van der Waals surface area contributed by atoms with Crippen molar-refractivity contribution in [1.82, 2.24) is 0 Å². The van der Waals surface area contributed by atoms with Crippen LogP contribution in [0.25, 0.3) is 0 Å². The number of methoxy groups -OCH3 is 1. The van der Waals surface area contributed by atoms with Crippen molar-refractivity contribution in [3.05, 3.63) is 0 Å². The lowest BCUT2D eigenvalue weighted by Crippen LogP contribution is -2.24. The fourth-order valence-corrected chi connectivity index (χ4v) is 2.33. The maximum Gasteiger partial charge on any atom is 0.0493 e. The summed E-state index contributed by atoms with van der Waals surface area (Å²) >= 11 is 5.86. The van der Waals surface area contributed by atoms with Crippen molar-refractivity contribution in [3.63, 3.8) is 0 Å². The maximum atomic E-state index is 5.86. The molecule has 2 atom stereocenters. The molecule has 0 aromatic rings. The predicted molar refractivity (Wildman–Crippen MR) is 48.0 cm³/mol. The minimum Gasteiger partial charge on any atom is -0.384 e. The molecule has 1 saturated carbocycles. The number of rotatable bonds is 3. The van der Waals surface area contributed by atoms with Gasteiger partial charge in [0.05, 0.1) is 0 Å². The zero-order valence-electron chi connectivity index (χ0n) is 7.18. The molecule has 1 rings (SSSR count). The van der Waals surface area contributed by atoms with E-state index in [-0.39, 0.29) is 0 Å². The van der Waals surface area contributed by atoms with Crippen molar-refractivity contribution in [2.45, 2.75) is 25.7 Å². The van der Waals surface area contributed by atoms with Crippen LogP contribution in [0, 0.1) is 11.8 Å². The van der Waals surface area contributed by atoms with E-state index in [4.69, 9.17) is 16.3 Å². The predicted octanol–water partition coefficient (Wildman–Crippen LogP) is 2.68. The molecule has 11 heavy (non-hydrogen) atoms. The van der Waals surface area contributed by atoms with Crippen LogP contribution in [-0.4, -0.2) is 19.6 Å². The first kappa shape index (κ1) is 9.34. The summed E-state index contributed by atoms with van der Waals surface area (Å²) in [6.45, 7) is 0.900. The first-order valence-corrected chi connectivity index (χ1v) is 4.97. The lowest BCUT2D eigenvalue weighted by molar-refractivity contribution is 0.102. The highest BCUT2D eigenvalue weighted by atomic mass is 35.5. The zero-order valence-corrected chi connectivity index (χ0v) is 7.94. The van der Waals surface area contributed by atoms with Gasteiger partial charge in [-0.05, 0) is 24.7 Å². The molecule has 2 unspecified atom stereocenters. The lowest BCUT2D eigenvalue weighted by Gasteiger charge is -2.29. The Kier molecular flexibility index (Phi) is 4.24. The van der Waals surface area contributed by atoms with Crippen LogP contribution in [0.1, 0.15) is 25.7 Å². The second kappa shape index (κ2) is 5.00. The smallest absolute Gasteiger partial charge is 0.0493 e. The fraction of sp³-hybridized carbons (Fsp3) is 1.00. The van der Waals surface area contributed by atoms with Gasteiger partial charge in [0, 0.05) is 19.6 Å². The Morgan fingerprint density at radius 3 is 2.45 bits per heavy atom. The van der Waals surface area contributed by atoms with Gasteiger partial charge in [0.2, 0.25) is 0 Å². The van der Waals surface area contributed by atoms with Crippen molar-refractivity contribution in [2.24, 2.45) is 11.8 Å². The Morgan fingerprint density at radius 2 is 1.91 bits per heavy atom. The highest BCUT2D eigenvalue weighted by Crippen LogP contribution is 2.30. The summed E-state index contributed by atoms with van der Waals surface area (Å²) in [5.74, 6) is 2.25. The van der Waals surface area contributed by atoms with Gasteiger partial charge in [-0.15, -0.1) is 11.6 Å². The summed E-state index contributed by atoms with van der Waals surface area (Å²) in [5, 5.41) is 0. The van der Waals surface area contributed by atoms with Crippen LogP contribution in [0.2, 0.25) is 0 Å². The summed E-state index contributed by atoms with van der Waals surface area (Å²) in [6, 6.07) is 0. The third-order valence-corrected chi connectivity index (χ3v) is 3.04. The van der Waals surface area contributed by atoms with Crippen molar-refractivity contribution in [2.75, 3.05) is 19.6 Å². The highest BCUT2D eigenvalue weighted by Gasteiger charge is 2.23. The Balaban J connectivity index is 2.31. The van der Waals surface area contributed by atoms with Crippen LogP contribution in [-0.2, 0) is 4.74 Å². The van der Waals surface area contributed by atoms with Crippen LogP contribution in [0.3, 0.4) is 0 Å². The van der Waals surface area contributed by atoms with Crippen LogP contribution in [0.15, 0.2) is 0 Å². The molecule has 0 aromatic heterocycles. The number of halogens is 1. The van der Waals surface area contributed by atoms with Gasteiger partial charge in [0.1, 0.15) is 0 Å². The van der Waals surface area contributed by atoms with E-state index in [0.717, 1.165) is 18.4 Å². The lowest BCUT2D eigenvalue weighted by atomic mass is 9.81. The van der Waals surface area contributed by atoms with Crippen LogP contribution < -0.4 is 0 Å². The largest absolute Gasteiger partial charge is 0.384 e. The molecule has 0 saturated heterocycles. The topological polar surface area (TPSA) is 9.23 Å². The average molecular weight is 177 g/mol. The average Bonchev–Trinajstić information content (AvgIpc) is 2.06. The normalized spacial score (nSPS) is 32.2.